The molecule has 3 rings (SSSR count). The molecule has 0 N–H and O–H groups in total. The van der Waals surface area contributed by atoms with Crippen molar-refractivity contribution >= 4 is 23.4 Å². The highest BCUT2D eigenvalue weighted by molar-refractivity contribution is 7.98. The third kappa shape index (κ3) is 3.86. The molecule has 1 unspecified atom stereocenters. The number of thioether (sulfide) groups is 1. The van der Waals surface area contributed by atoms with Gasteiger partial charge in [-0.2, -0.15) is 0 Å². The Bertz CT molecular complexity index is 828. The van der Waals surface area contributed by atoms with Crippen molar-refractivity contribution in [3.63, 3.8) is 0 Å². The number of ether oxygens (including phenoxy) is 1. The molecule has 2 aromatic carbocycles. The zero-order valence-corrected chi connectivity index (χ0v) is 14.9. The number of carbonyl (C=O) groups excluding carboxylic acids is 1. The zero-order chi connectivity index (χ0) is 18.7. The Balaban J connectivity index is 1.85. The summed E-state index contributed by atoms with van der Waals surface area (Å²) < 4.78 is 18.8. The lowest BCUT2D eigenvalue weighted by molar-refractivity contribution is -0.385. The number of hydrogen-bond acceptors (Lipinski definition) is 5. The van der Waals surface area contributed by atoms with E-state index in [1.54, 1.807) is 29.2 Å². The second kappa shape index (κ2) is 7.84. The maximum Gasteiger partial charge on any atom is 0.282 e. The first kappa shape index (κ1) is 18.3. The van der Waals surface area contributed by atoms with Crippen LogP contribution in [0, 0.1) is 15.9 Å². The number of morpholine rings is 1. The fraction of sp³-hybridized carbons (Fsp3) is 0.278. The molecule has 0 aliphatic carbocycles. The third-order valence-electron chi connectivity index (χ3n) is 4.23. The van der Waals surface area contributed by atoms with Crippen LogP contribution in [0.15, 0.2) is 47.4 Å². The van der Waals surface area contributed by atoms with Crippen molar-refractivity contribution in [2.24, 2.45) is 0 Å². The predicted octanol–water partition coefficient (Wildman–Crippen LogP) is 3.67. The maximum atomic E-state index is 13.1. The Morgan fingerprint density at radius 2 is 2.04 bits per heavy atom. The molecule has 1 heterocycles. The average molecular weight is 376 g/mol. The van der Waals surface area contributed by atoms with Crippen LogP contribution in [0.3, 0.4) is 0 Å². The Labute approximate surface area is 154 Å². The summed E-state index contributed by atoms with van der Waals surface area (Å²) in [5.74, 6) is -0.745. The van der Waals surface area contributed by atoms with Crippen LogP contribution < -0.4 is 0 Å². The van der Waals surface area contributed by atoms with E-state index in [9.17, 15) is 19.3 Å². The summed E-state index contributed by atoms with van der Waals surface area (Å²) in [6.07, 6.45) is 1.45. The van der Waals surface area contributed by atoms with Gasteiger partial charge in [-0.05, 0) is 36.1 Å². The molecule has 0 spiro atoms. The summed E-state index contributed by atoms with van der Waals surface area (Å²) in [4.78, 5) is 26.0. The minimum atomic E-state index is -0.546. The minimum Gasteiger partial charge on any atom is -0.370 e. The van der Waals surface area contributed by atoms with Crippen LogP contribution in [0.25, 0.3) is 0 Å². The largest absolute Gasteiger partial charge is 0.370 e. The van der Waals surface area contributed by atoms with Gasteiger partial charge in [0.05, 0.1) is 18.1 Å². The fourth-order valence-electron chi connectivity index (χ4n) is 2.86. The lowest BCUT2D eigenvalue weighted by atomic mass is 10.1. The number of rotatable bonds is 4. The van der Waals surface area contributed by atoms with Gasteiger partial charge in [-0.15, -0.1) is 11.8 Å². The van der Waals surface area contributed by atoms with Crippen LogP contribution in [0.4, 0.5) is 10.1 Å². The molecule has 26 heavy (non-hydrogen) atoms. The van der Waals surface area contributed by atoms with Gasteiger partial charge >= 0.3 is 0 Å². The van der Waals surface area contributed by atoms with E-state index in [4.69, 9.17) is 4.74 Å². The zero-order valence-electron chi connectivity index (χ0n) is 14.1. The normalized spacial score (nSPS) is 17.2. The number of nitrogens with zero attached hydrogens (tertiary/aromatic N) is 2. The van der Waals surface area contributed by atoms with Gasteiger partial charge in [-0.1, -0.05) is 12.1 Å². The predicted molar refractivity (Wildman–Crippen MR) is 95.9 cm³/mol. The number of halogens is 1. The van der Waals surface area contributed by atoms with Crippen molar-refractivity contribution < 1.29 is 18.8 Å². The Hall–Kier alpha value is -2.45. The molecule has 136 valence electrons. The number of nitro groups is 1. The highest BCUT2D eigenvalue weighted by Crippen LogP contribution is 2.28. The fourth-order valence-corrected chi connectivity index (χ4v) is 3.30. The van der Waals surface area contributed by atoms with Crippen LogP contribution >= 0.6 is 11.8 Å². The first-order valence-electron chi connectivity index (χ1n) is 7.98. The molecule has 0 radical (unpaired) electrons. The molecule has 1 amide bonds. The number of benzene rings is 2. The van der Waals surface area contributed by atoms with E-state index >= 15 is 0 Å². The van der Waals surface area contributed by atoms with Gasteiger partial charge in [0, 0.05) is 17.5 Å². The first-order chi connectivity index (χ1) is 12.5. The van der Waals surface area contributed by atoms with Crippen molar-refractivity contribution in [1.82, 2.24) is 4.90 Å². The number of hydrogen-bond donors (Lipinski definition) is 0. The molecule has 1 saturated heterocycles. The highest BCUT2D eigenvalue weighted by Gasteiger charge is 2.30. The van der Waals surface area contributed by atoms with Gasteiger partial charge in [0.15, 0.2) is 0 Å². The third-order valence-corrected chi connectivity index (χ3v) is 4.95. The van der Waals surface area contributed by atoms with Crippen LogP contribution in [0.1, 0.15) is 22.0 Å². The van der Waals surface area contributed by atoms with Crippen LogP contribution in [-0.4, -0.2) is 41.7 Å². The highest BCUT2D eigenvalue weighted by atomic mass is 32.2. The van der Waals surface area contributed by atoms with Crippen LogP contribution in [0.2, 0.25) is 0 Å². The number of carbonyl (C=O) groups is 1. The Morgan fingerprint density at radius 1 is 1.31 bits per heavy atom. The van der Waals surface area contributed by atoms with Crippen molar-refractivity contribution in [3.05, 3.63) is 69.5 Å². The molecular formula is C18H17FN2O4S. The van der Waals surface area contributed by atoms with Gasteiger partial charge in [0.25, 0.3) is 11.6 Å². The smallest absolute Gasteiger partial charge is 0.282 e. The molecule has 1 aliphatic rings. The molecule has 1 atom stereocenters. The lowest BCUT2D eigenvalue weighted by Gasteiger charge is -2.33. The van der Waals surface area contributed by atoms with Crippen LogP contribution in [-0.2, 0) is 4.74 Å². The Kier molecular flexibility index (Phi) is 5.53. The van der Waals surface area contributed by atoms with Gasteiger partial charge in [0.2, 0.25) is 0 Å². The Morgan fingerprint density at radius 3 is 2.69 bits per heavy atom. The van der Waals surface area contributed by atoms with Gasteiger partial charge in [-0.3, -0.25) is 14.9 Å². The van der Waals surface area contributed by atoms with Gasteiger partial charge in [0.1, 0.15) is 17.5 Å². The van der Waals surface area contributed by atoms with E-state index < -0.39 is 16.9 Å². The molecule has 0 aromatic heterocycles. The molecule has 1 fully saturated rings. The topological polar surface area (TPSA) is 72.7 Å². The second-order valence-electron chi connectivity index (χ2n) is 5.80. The first-order valence-corrected chi connectivity index (χ1v) is 9.21. The molecule has 6 nitrogen and oxygen atoms in total. The van der Waals surface area contributed by atoms with Crippen molar-refractivity contribution in [2.75, 3.05) is 26.0 Å². The summed E-state index contributed by atoms with van der Waals surface area (Å²) in [6, 6.07) is 10.4. The average Bonchev–Trinajstić information content (AvgIpc) is 2.67. The van der Waals surface area contributed by atoms with E-state index in [1.807, 2.05) is 6.26 Å². The molecular weight excluding hydrogens is 359 g/mol. The summed E-state index contributed by atoms with van der Waals surface area (Å²) in [5, 5.41) is 11.3. The van der Waals surface area contributed by atoms with E-state index in [1.165, 1.54) is 30.0 Å². The molecule has 1 aliphatic heterocycles. The monoisotopic (exact) mass is 376 g/mol. The van der Waals surface area contributed by atoms with Crippen LogP contribution in [0.5, 0.6) is 0 Å². The number of amides is 1. The maximum absolute atomic E-state index is 13.1. The van der Waals surface area contributed by atoms with E-state index in [2.05, 4.69) is 0 Å². The molecule has 2 aromatic rings. The summed E-state index contributed by atoms with van der Waals surface area (Å²) in [5.41, 5.74) is 0.621. The van der Waals surface area contributed by atoms with E-state index in [0.29, 0.717) is 13.2 Å². The van der Waals surface area contributed by atoms with Crippen molar-refractivity contribution in [3.8, 4) is 0 Å². The standard InChI is InChI=1S/C18H17FN2O4S/c1-26-14-6-7-16(21(23)24)15(10-14)18(22)20-8-9-25-17(11-20)12-2-4-13(19)5-3-12/h2-7,10,17H,8-9,11H2,1H3. The van der Waals surface area contributed by atoms with Gasteiger partial charge in [-0.25, -0.2) is 4.39 Å². The summed E-state index contributed by atoms with van der Waals surface area (Å²) >= 11 is 1.41. The molecule has 0 saturated carbocycles. The molecule has 8 heteroatoms. The van der Waals surface area contributed by atoms with Gasteiger partial charge < -0.3 is 9.64 Å². The number of nitro benzene ring substituents is 1. The second-order valence-corrected chi connectivity index (χ2v) is 6.68. The minimum absolute atomic E-state index is 0.0709. The van der Waals surface area contributed by atoms with E-state index in [0.717, 1.165) is 10.5 Å². The summed E-state index contributed by atoms with van der Waals surface area (Å²) in [7, 11) is 0. The quantitative estimate of drug-likeness (QED) is 0.462. The van der Waals surface area contributed by atoms with Crippen molar-refractivity contribution in [2.45, 2.75) is 11.0 Å². The molecule has 0 bridgehead atoms. The lowest BCUT2D eigenvalue weighted by Crippen LogP contribution is -2.42. The summed E-state index contributed by atoms with van der Waals surface area (Å²) in [6.45, 7) is 0.909. The van der Waals surface area contributed by atoms with Crippen molar-refractivity contribution in [1.29, 1.82) is 0 Å². The SMILES string of the molecule is CSc1ccc([N+](=O)[O-])c(C(=O)N2CCOC(c3ccc(F)cc3)C2)c1. The van der Waals surface area contributed by atoms with E-state index in [-0.39, 0.29) is 23.6 Å².